The van der Waals surface area contributed by atoms with Crippen LogP contribution in [0, 0.1) is 0 Å². The number of thiophene rings is 1. The number of hydrogen-bond acceptors (Lipinski definition) is 4. The summed E-state index contributed by atoms with van der Waals surface area (Å²) in [6, 6.07) is 7.96. The minimum Gasteiger partial charge on any atom is -0.465 e. The number of halogens is 1. The van der Waals surface area contributed by atoms with Crippen molar-refractivity contribution in [3.63, 3.8) is 0 Å². The predicted molar refractivity (Wildman–Crippen MR) is 74.2 cm³/mol. The highest BCUT2D eigenvalue weighted by Gasteiger charge is 2.12. The fraction of sp³-hybridized carbons (Fsp3) is 0.250. The quantitative estimate of drug-likeness (QED) is 0.622. The number of hydrogen-bond donors (Lipinski definition) is 0. The fourth-order valence-corrected chi connectivity index (χ4v) is 3.99. The maximum Gasteiger partial charge on any atom is 0.316 e. The zero-order valence-corrected chi connectivity index (χ0v) is 11.6. The van der Waals surface area contributed by atoms with Crippen LogP contribution in [0.25, 0.3) is 10.1 Å². The van der Waals surface area contributed by atoms with Gasteiger partial charge < -0.3 is 4.74 Å². The summed E-state index contributed by atoms with van der Waals surface area (Å²) in [5.41, 5.74) is 0. The lowest BCUT2D eigenvalue weighted by molar-refractivity contribution is -0.139. The molecule has 0 N–H and O–H groups in total. The van der Waals surface area contributed by atoms with Crippen molar-refractivity contribution >= 4 is 50.8 Å². The summed E-state index contributed by atoms with van der Waals surface area (Å²) < 4.78 is 6.99. The number of carbonyl (C=O) groups excluding carboxylic acids is 1. The Morgan fingerprint density at radius 1 is 1.47 bits per heavy atom. The lowest BCUT2D eigenvalue weighted by Crippen LogP contribution is -2.06. The summed E-state index contributed by atoms with van der Waals surface area (Å²) in [5.74, 6) is 0.103. The van der Waals surface area contributed by atoms with Crippen LogP contribution >= 0.6 is 34.7 Å². The molecule has 0 fully saturated rings. The summed E-state index contributed by atoms with van der Waals surface area (Å²) in [6.45, 7) is 2.22. The maximum absolute atomic E-state index is 11.3. The first kappa shape index (κ1) is 12.7. The lowest BCUT2D eigenvalue weighted by atomic mass is 10.3. The second-order valence-electron chi connectivity index (χ2n) is 3.29. The second-order valence-corrected chi connectivity index (χ2v) is 5.97. The van der Waals surface area contributed by atoms with E-state index in [9.17, 15) is 4.79 Å². The number of ether oxygens (including phenoxy) is 1. The molecule has 0 spiro atoms. The molecule has 0 aliphatic heterocycles. The number of fused-ring (bicyclic) bond motifs is 1. The van der Waals surface area contributed by atoms with Crippen LogP contribution in [-0.4, -0.2) is 18.3 Å². The second kappa shape index (κ2) is 5.76. The Labute approximate surface area is 113 Å². The molecule has 0 saturated carbocycles. The van der Waals surface area contributed by atoms with E-state index in [1.807, 2.05) is 24.3 Å². The van der Waals surface area contributed by atoms with E-state index in [4.69, 9.17) is 16.3 Å². The largest absolute Gasteiger partial charge is 0.465 e. The third-order valence-corrected chi connectivity index (χ3v) is 5.16. The molecule has 0 amide bonds. The number of thioether (sulfide) groups is 1. The molecule has 5 heteroatoms. The molecule has 2 aromatic rings. The van der Waals surface area contributed by atoms with Gasteiger partial charge in [0.15, 0.2) is 0 Å². The van der Waals surface area contributed by atoms with Gasteiger partial charge in [-0.3, -0.25) is 4.79 Å². The van der Waals surface area contributed by atoms with E-state index in [2.05, 4.69) is 0 Å². The van der Waals surface area contributed by atoms with E-state index in [0.717, 1.165) is 19.3 Å². The van der Waals surface area contributed by atoms with Crippen molar-refractivity contribution < 1.29 is 9.53 Å². The molecule has 0 radical (unpaired) electrons. The van der Waals surface area contributed by atoms with Crippen LogP contribution in [0.15, 0.2) is 28.5 Å². The van der Waals surface area contributed by atoms with Gasteiger partial charge in [0.2, 0.25) is 0 Å². The normalized spacial score (nSPS) is 10.7. The van der Waals surface area contributed by atoms with Gasteiger partial charge in [0, 0.05) is 10.1 Å². The SMILES string of the molecule is CCOC(=O)CSc1sc2ccccc2c1Cl. The number of carbonyl (C=O) groups is 1. The minimum atomic E-state index is -0.203. The third kappa shape index (κ3) is 2.94. The first-order valence-electron chi connectivity index (χ1n) is 5.17. The van der Waals surface area contributed by atoms with E-state index in [0.29, 0.717) is 12.4 Å². The van der Waals surface area contributed by atoms with Gasteiger partial charge in [-0.2, -0.15) is 0 Å². The third-order valence-electron chi connectivity index (χ3n) is 2.13. The van der Waals surface area contributed by atoms with Crippen molar-refractivity contribution in [1.82, 2.24) is 0 Å². The Kier molecular flexibility index (Phi) is 4.31. The minimum absolute atomic E-state index is 0.203. The Morgan fingerprint density at radius 2 is 2.24 bits per heavy atom. The Hall–Kier alpha value is -0.710. The predicted octanol–water partition coefficient (Wildman–Crippen LogP) is 4.21. The Morgan fingerprint density at radius 3 is 2.94 bits per heavy atom. The molecular weight excluding hydrogens is 276 g/mol. The molecule has 1 aromatic carbocycles. The summed E-state index contributed by atoms with van der Waals surface area (Å²) in [7, 11) is 0. The number of esters is 1. The van der Waals surface area contributed by atoms with Gasteiger partial charge in [-0.1, -0.05) is 29.8 Å². The Bertz CT molecular complexity index is 536. The molecule has 2 nitrogen and oxygen atoms in total. The van der Waals surface area contributed by atoms with Crippen LogP contribution in [0.2, 0.25) is 5.02 Å². The molecule has 0 aliphatic carbocycles. The van der Waals surface area contributed by atoms with Crippen molar-refractivity contribution in [3.8, 4) is 0 Å². The van der Waals surface area contributed by atoms with Crippen LogP contribution in [0.1, 0.15) is 6.92 Å². The standard InChI is InChI=1S/C12H11ClO2S2/c1-2-15-10(14)7-16-12-11(13)8-5-3-4-6-9(8)17-12/h3-6H,2,7H2,1H3. The van der Waals surface area contributed by atoms with Crippen molar-refractivity contribution in [2.45, 2.75) is 11.1 Å². The van der Waals surface area contributed by atoms with E-state index in [-0.39, 0.29) is 5.97 Å². The highest BCUT2D eigenvalue weighted by Crippen LogP contribution is 2.41. The van der Waals surface area contributed by atoms with Crippen molar-refractivity contribution in [3.05, 3.63) is 29.3 Å². The monoisotopic (exact) mass is 286 g/mol. The molecular formula is C12H11ClO2S2. The summed E-state index contributed by atoms with van der Waals surface area (Å²) >= 11 is 9.30. The van der Waals surface area contributed by atoms with Gasteiger partial charge in [-0.25, -0.2) is 0 Å². The van der Waals surface area contributed by atoms with Crippen LogP contribution in [0.5, 0.6) is 0 Å². The van der Waals surface area contributed by atoms with E-state index in [1.54, 1.807) is 18.3 Å². The average molecular weight is 287 g/mol. The molecule has 1 aromatic heterocycles. The van der Waals surface area contributed by atoms with Gasteiger partial charge in [0.05, 0.1) is 21.6 Å². The average Bonchev–Trinajstić information content (AvgIpc) is 2.65. The zero-order chi connectivity index (χ0) is 12.3. The van der Waals surface area contributed by atoms with Crippen LogP contribution in [0.3, 0.4) is 0 Å². The highest BCUT2D eigenvalue weighted by atomic mass is 35.5. The van der Waals surface area contributed by atoms with Gasteiger partial charge >= 0.3 is 5.97 Å². The van der Waals surface area contributed by atoms with Crippen LogP contribution in [0.4, 0.5) is 0 Å². The Balaban J connectivity index is 2.14. The van der Waals surface area contributed by atoms with E-state index >= 15 is 0 Å². The first-order chi connectivity index (χ1) is 8.22. The highest BCUT2D eigenvalue weighted by molar-refractivity contribution is 8.02. The van der Waals surface area contributed by atoms with Gasteiger partial charge in [0.25, 0.3) is 0 Å². The molecule has 17 heavy (non-hydrogen) atoms. The number of benzene rings is 1. The topological polar surface area (TPSA) is 26.3 Å². The summed E-state index contributed by atoms with van der Waals surface area (Å²) in [4.78, 5) is 11.3. The van der Waals surface area contributed by atoms with Crippen molar-refractivity contribution in [2.75, 3.05) is 12.4 Å². The molecule has 0 saturated heterocycles. The van der Waals surface area contributed by atoms with Crippen LogP contribution < -0.4 is 0 Å². The summed E-state index contributed by atoms with van der Waals surface area (Å²) in [5, 5.41) is 1.78. The maximum atomic E-state index is 11.3. The molecule has 0 unspecified atom stereocenters. The van der Waals surface area contributed by atoms with Crippen molar-refractivity contribution in [1.29, 1.82) is 0 Å². The molecule has 1 heterocycles. The van der Waals surface area contributed by atoms with Gasteiger partial charge in [0.1, 0.15) is 0 Å². The molecule has 2 rings (SSSR count). The molecule has 0 aliphatic rings. The molecule has 90 valence electrons. The van der Waals surface area contributed by atoms with Crippen LogP contribution in [-0.2, 0) is 9.53 Å². The summed E-state index contributed by atoms with van der Waals surface area (Å²) in [6.07, 6.45) is 0. The smallest absolute Gasteiger partial charge is 0.316 e. The van der Waals surface area contributed by atoms with E-state index in [1.165, 1.54) is 11.8 Å². The van der Waals surface area contributed by atoms with Gasteiger partial charge in [-0.15, -0.1) is 23.1 Å². The fourth-order valence-electron chi connectivity index (χ4n) is 1.41. The van der Waals surface area contributed by atoms with Crippen molar-refractivity contribution in [2.24, 2.45) is 0 Å². The first-order valence-corrected chi connectivity index (χ1v) is 7.36. The zero-order valence-electron chi connectivity index (χ0n) is 9.23. The van der Waals surface area contributed by atoms with E-state index < -0.39 is 0 Å². The molecule has 0 atom stereocenters. The lowest BCUT2D eigenvalue weighted by Gasteiger charge is -2.00. The van der Waals surface area contributed by atoms with Gasteiger partial charge in [-0.05, 0) is 13.0 Å². The number of rotatable bonds is 4. The molecule has 0 bridgehead atoms.